The Morgan fingerprint density at radius 3 is 2.67 bits per heavy atom. The maximum absolute atomic E-state index is 12.3. The molecule has 0 saturated carbocycles. The van der Waals surface area contributed by atoms with E-state index in [1.165, 1.54) is 6.08 Å². The Morgan fingerprint density at radius 2 is 1.92 bits per heavy atom. The molecule has 1 aliphatic heterocycles. The van der Waals surface area contributed by atoms with Crippen molar-refractivity contribution in [2.75, 3.05) is 6.79 Å². The van der Waals surface area contributed by atoms with Crippen molar-refractivity contribution in [3.05, 3.63) is 64.9 Å². The zero-order valence-corrected chi connectivity index (χ0v) is 13.0. The van der Waals surface area contributed by atoms with Crippen molar-refractivity contribution in [1.82, 2.24) is 5.32 Å². The van der Waals surface area contributed by atoms with Crippen LogP contribution in [0.2, 0.25) is 0 Å². The van der Waals surface area contributed by atoms with E-state index in [4.69, 9.17) is 15.2 Å². The lowest BCUT2D eigenvalue weighted by molar-refractivity contribution is -0.114. The summed E-state index contributed by atoms with van der Waals surface area (Å²) in [5.41, 5.74) is 7.44. The van der Waals surface area contributed by atoms with E-state index in [1.54, 1.807) is 36.4 Å². The third kappa shape index (κ3) is 3.38. The first-order valence-electron chi connectivity index (χ1n) is 7.32. The predicted molar refractivity (Wildman–Crippen MR) is 88.4 cm³/mol. The van der Waals surface area contributed by atoms with Gasteiger partial charge in [0.25, 0.3) is 11.8 Å². The highest BCUT2D eigenvalue weighted by Gasteiger charge is 2.15. The maximum Gasteiger partial charge on any atom is 0.265 e. The number of hydrogen-bond donors (Lipinski definition) is 2. The second kappa shape index (κ2) is 6.45. The molecule has 0 radical (unpaired) electrons. The molecular formula is C18H16N2O4. The second-order valence-electron chi connectivity index (χ2n) is 5.36. The summed E-state index contributed by atoms with van der Waals surface area (Å²) in [6.45, 7) is 2.05. The summed E-state index contributed by atoms with van der Waals surface area (Å²) in [6.07, 6.45) is 1.50. The van der Waals surface area contributed by atoms with Gasteiger partial charge in [-0.2, -0.15) is 0 Å². The highest BCUT2D eigenvalue weighted by atomic mass is 16.7. The normalized spacial score (nSPS) is 12.8. The van der Waals surface area contributed by atoms with Gasteiger partial charge in [-0.3, -0.25) is 9.59 Å². The van der Waals surface area contributed by atoms with Gasteiger partial charge in [-0.05, 0) is 42.8 Å². The molecule has 6 nitrogen and oxygen atoms in total. The molecule has 3 rings (SSSR count). The Bertz CT molecular complexity index is 843. The van der Waals surface area contributed by atoms with E-state index in [1.807, 2.05) is 13.0 Å². The van der Waals surface area contributed by atoms with Crippen molar-refractivity contribution in [2.45, 2.75) is 6.92 Å². The average Bonchev–Trinajstić information content (AvgIpc) is 3.01. The number of fused-ring (bicyclic) bond motifs is 1. The minimum atomic E-state index is -0.728. The number of amides is 2. The van der Waals surface area contributed by atoms with Gasteiger partial charge in [-0.15, -0.1) is 0 Å². The van der Waals surface area contributed by atoms with E-state index >= 15 is 0 Å². The van der Waals surface area contributed by atoms with Crippen molar-refractivity contribution in [1.29, 1.82) is 0 Å². The van der Waals surface area contributed by atoms with Crippen LogP contribution in [0.25, 0.3) is 6.08 Å². The minimum Gasteiger partial charge on any atom is -0.454 e. The number of benzene rings is 2. The topological polar surface area (TPSA) is 90.7 Å². The Kier molecular flexibility index (Phi) is 4.20. The summed E-state index contributed by atoms with van der Waals surface area (Å²) in [7, 11) is 0. The molecule has 6 heteroatoms. The standard InChI is InChI=1S/C18H16N2O4/c1-11-3-2-4-13(7-11)18(22)20-14(17(19)21)8-12-5-6-15-16(9-12)24-10-23-15/h2-9H,10H2,1H3,(H2,19,21)(H,20,22)/b14-8+. The minimum absolute atomic E-state index is 0.000344. The van der Waals surface area contributed by atoms with Crippen molar-refractivity contribution in [2.24, 2.45) is 5.73 Å². The number of aryl methyl sites for hydroxylation is 1. The predicted octanol–water partition coefficient (Wildman–Crippen LogP) is 1.98. The van der Waals surface area contributed by atoms with Gasteiger partial charge in [0.05, 0.1) is 0 Å². The van der Waals surface area contributed by atoms with E-state index in [0.29, 0.717) is 22.6 Å². The summed E-state index contributed by atoms with van der Waals surface area (Å²) < 4.78 is 10.5. The number of carbonyl (C=O) groups is 2. The maximum atomic E-state index is 12.3. The van der Waals surface area contributed by atoms with Gasteiger partial charge in [-0.25, -0.2) is 0 Å². The smallest absolute Gasteiger partial charge is 0.265 e. The SMILES string of the molecule is Cc1cccc(C(=O)N/C(=C/c2ccc3c(c2)OCO3)C(N)=O)c1. The molecule has 0 atom stereocenters. The van der Waals surface area contributed by atoms with Crippen molar-refractivity contribution < 1.29 is 19.1 Å². The molecule has 2 aromatic carbocycles. The Labute approximate surface area is 138 Å². The third-order valence-corrected chi connectivity index (χ3v) is 3.50. The average molecular weight is 324 g/mol. The quantitative estimate of drug-likeness (QED) is 0.841. The zero-order chi connectivity index (χ0) is 17.1. The molecule has 0 fully saturated rings. The number of rotatable bonds is 4. The van der Waals surface area contributed by atoms with Crippen LogP contribution in [0.3, 0.4) is 0 Å². The lowest BCUT2D eigenvalue weighted by Crippen LogP contribution is -2.31. The van der Waals surface area contributed by atoms with Gasteiger partial charge in [0.2, 0.25) is 6.79 Å². The molecule has 3 N–H and O–H groups in total. The molecule has 0 aromatic heterocycles. The molecule has 0 unspecified atom stereocenters. The molecule has 1 aliphatic rings. The third-order valence-electron chi connectivity index (χ3n) is 3.50. The van der Waals surface area contributed by atoms with Gasteiger partial charge in [0.15, 0.2) is 11.5 Å². The van der Waals surface area contributed by atoms with Crippen LogP contribution >= 0.6 is 0 Å². The van der Waals surface area contributed by atoms with Crippen molar-refractivity contribution >= 4 is 17.9 Å². The molecule has 0 spiro atoms. The van der Waals surface area contributed by atoms with Crippen LogP contribution in [0.4, 0.5) is 0 Å². The Balaban J connectivity index is 1.84. The van der Waals surface area contributed by atoms with Gasteiger partial charge in [0, 0.05) is 5.56 Å². The molecule has 2 amide bonds. The number of carbonyl (C=O) groups excluding carboxylic acids is 2. The molecule has 24 heavy (non-hydrogen) atoms. The lowest BCUT2D eigenvalue weighted by atomic mass is 10.1. The van der Waals surface area contributed by atoms with Gasteiger partial charge < -0.3 is 20.5 Å². The lowest BCUT2D eigenvalue weighted by Gasteiger charge is -2.08. The van der Waals surface area contributed by atoms with Crippen LogP contribution in [0.1, 0.15) is 21.5 Å². The van der Waals surface area contributed by atoms with E-state index < -0.39 is 11.8 Å². The molecule has 0 aliphatic carbocycles. The number of nitrogens with two attached hydrogens (primary N) is 1. The summed E-state index contributed by atoms with van der Waals surface area (Å²) in [6, 6.07) is 12.2. The summed E-state index contributed by atoms with van der Waals surface area (Å²) in [5, 5.41) is 2.55. The van der Waals surface area contributed by atoms with Crippen LogP contribution in [0.15, 0.2) is 48.2 Å². The highest BCUT2D eigenvalue weighted by molar-refractivity contribution is 6.04. The fourth-order valence-corrected chi connectivity index (χ4v) is 2.32. The molecule has 1 heterocycles. The number of nitrogens with one attached hydrogen (secondary N) is 1. The molecule has 2 aromatic rings. The van der Waals surface area contributed by atoms with Gasteiger partial charge in [0.1, 0.15) is 5.70 Å². The number of primary amides is 1. The van der Waals surface area contributed by atoms with Gasteiger partial charge in [-0.1, -0.05) is 23.8 Å². The van der Waals surface area contributed by atoms with Gasteiger partial charge >= 0.3 is 0 Å². The summed E-state index contributed by atoms with van der Waals surface area (Å²) in [4.78, 5) is 23.9. The van der Waals surface area contributed by atoms with Crippen molar-refractivity contribution in [3.8, 4) is 11.5 Å². The Hall–Kier alpha value is -3.28. The first-order valence-corrected chi connectivity index (χ1v) is 7.32. The zero-order valence-electron chi connectivity index (χ0n) is 13.0. The second-order valence-corrected chi connectivity index (χ2v) is 5.36. The number of ether oxygens (including phenoxy) is 2. The fraction of sp³-hybridized carbons (Fsp3) is 0.111. The van der Waals surface area contributed by atoms with E-state index in [-0.39, 0.29) is 12.5 Å². The van der Waals surface area contributed by atoms with E-state index in [0.717, 1.165) is 5.56 Å². The monoisotopic (exact) mass is 324 g/mol. The van der Waals surface area contributed by atoms with Crippen LogP contribution in [-0.4, -0.2) is 18.6 Å². The van der Waals surface area contributed by atoms with E-state index in [9.17, 15) is 9.59 Å². The fourth-order valence-electron chi connectivity index (χ4n) is 2.32. The number of hydrogen-bond acceptors (Lipinski definition) is 4. The summed E-state index contributed by atoms with van der Waals surface area (Å²) >= 11 is 0. The van der Waals surface area contributed by atoms with Crippen LogP contribution in [0, 0.1) is 6.92 Å². The van der Waals surface area contributed by atoms with Crippen LogP contribution in [0.5, 0.6) is 11.5 Å². The first kappa shape index (κ1) is 15.6. The summed E-state index contributed by atoms with van der Waals surface area (Å²) in [5.74, 6) is 0.0901. The largest absolute Gasteiger partial charge is 0.454 e. The first-order chi connectivity index (χ1) is 11.5. The van der Waals surface area contributed by atoms with Crippen LogP contribution in [-0.2, 0) is 4.79 Å². The molecule has 0 bridgehead atoms. The molecule has 0 saturated heterocycles. The highest BCUT2D eigenvalue weighted by Crippen LogP contribution is 2.32. The van der Waals surface area contributed by atoms with Crippen LogP contribution < -0.4 is 20.5 Å². The van der Waals surface area contributed by atoms with Crippen molar-refractivity contribution in [3.63, 3.8) is 0 Å². The molecular weight excluding hydrogens is 308 g/mol. The molecule has 122 valence electrons. The van der Waals surface area contributed by atoms with E-state index in [2.05, 4.69) is 5.32 Å². The Morgan fingerprint density at radius 1 is 1.12 bits per heavy atom.